The van der Waals surface area contributed by atoms with Gasteiger partial charge in [0.1, 0.15) is 5.82 Å². The van der Waals surface area contributed by atoms with Gasteiger partial charge >= 0.3 is 5.97 Å². The van der Waals surface area contributed by atoms with Crippen LogP contribution in [-0.4, -0.2) is 62.0 Å². The summed E-state index contributed by atoms with van der Waals surface area (Å²) < 4.78 is 18.8. The molecule has 0 saturated heterocycles. The number of benzene rings is 1. The molecular formula is C16H22ClFN2O3. The first-order valence-electron chi connectivity index (χ1n) is 7.40. The third-order valence-electron chi connectivity index (χ3n) is 3.17. The van der Waals surface area contributed by atoms with Gasteiger partial charge in [0, 0.05) is 19.6 Å². The monoisotopic (exact) mass is 344 g/mol. The van der Waals surface area contributed by atoms with E-state index in [1.165, 1.54) is 23.1 Å². The van der Waals surface area contributed by atoms with E-state index in [4.69, 9.17) is 16.3 Å². The number of nitrogens with zero attached hydrogens (tertiary/aromatic N) is 2. The van der Waals surface area contributed by atoms with Crippen molar-refractivity contribution in [3.8, 4) is 0 Å². The van der Waals surface area contributed by atoms with E-state index in [2.05, 4.69) is 0 Å². The lowest BCUT2D eigenvalue weighted by atomic mass is 10.1. The highest BCUT2D eigenvalue weighted by atomic mass is 35.5. The molecule has 0 aliphatic rings. The van der Waals surface area contributed by atoms with Gasteiger partial charge in [0.05, 0.1) is 23.6 Å². The predicted octanol–water partition coefficient (Wildman–Crippen LogP) is 2.44. The molecule has 0 aliphatic heterocycles. The Morgan fingerprint density at radius 1 is 1.22 bits per heavy atom. The maximum absolute atomic E-state index is 13.9. The Morgan fingerprint density at radius 3 is 2.48 bits per heavy atom. The van der Waals surface area contributed by atoms with E-state index < -0.39 is 17.7 Å². The Labute approximate surface area is 141 Å². The van der Waals surface area contributed by atoms with E-state index in [-0.39, 0.29) is 30.2 Å². The van der Waals surface area contributed by atoms with Crippen LogP contribution >= 0.6 is 11.6 Å². The molecular weight excluding hydrogens is 323 g/mol. The van der Waals surface area contributed by atoms with Crippen LogP contribution in [0.5, 0.6) is 0 Å². The Hall–Kier alpha value is -1.66. The average molecular weight is 345 g/mol. The van der Waals surface area contributed by atoms with Crippen molar-refractivity contribution < 1.29 is 18.7 Å². The summed E-state index contributed by atoms with van der Waals surface area (Å²) in [6, 6.07) is 4.10. The van der Waals surface area contributed by atoms with Crippen molar-refractivity contribution in [1.82, 2.24) is 9.80 Å². The predicted molar refractivity (Wildman–Crippen MR) is 87.1 cm³/mol. The molecule has 0 saturated carbocycles. The topological polar surface area (TPSA) is 49.9 Å². The van der Waals surface area contributed by atoms with Gasteiger partial charge in [-0.2, -0.15) is 0 Å². The van der Waals surface area contributed by atoms with Crippen molar-refractivity contribution in [2.24, 2.45) is 0 Å². The van der Waals surface area contributed by atoms with Crippen molar-refractivity contribution in [2.75, 3.05) is 40.3 Å². The SMILES string of the molecule is CCOC(=O)CCN(CCN(C)C)C(=O)c1c(F)cccc1Cl. The minimum absolute atomic E-state index is 0.0546. The molecule has 0 spiro atoms. The number of halogens is 2. The van der Waals surface area contributed by atoms with Crippen molar-refractivity contribution in [2.45, 2.75) is 13.3 Å². The first-order valence-corrected chi connectivity index (χ1v) is 7.78. The Kier molecular flexibility index (Phi) is 7.98. The molecule has 1 amide bonds. The Morgan fingerprint density at radius 2 is 1.91 bits per heavy atom. The van der Waals surface area contributed by atoms with E-state index in [0.717, 1.165) is 0 Å². The standard InChI is InChI=1S/C16H22ClFN2O3/c1-4-23-14(21)8-9-20(11-10-19(2)3)16(22)15-12(17)6-5-7-13(15)18/h5-7H,4,8-11H2,1-3H3. The number of ether oxygens (including phenoxy) is 1. The lowest BCUT2D eigenvalue weighted by molar-refractivity contribution is -0.143. The Balaban J connectivity index is 2.89. The van der Waals surface area contributed by atoms with Crippen LogP contribution in [0.15, 0.2) is 18.2 Å². The normalized spacial score (nSPS) is 10.7. The van der Waals surface area contributed by atoms with Crippen LogP contribution in [0, 0.1) is 5.82 Å². The molecule has 0 bridgehead atoms. The van der Waals surface area contributed by atoms with E-state index in [1.807, 2.05) is 19.0 Å². The smallest absolute Gasteiger partial charge is 0.307 e. The molecule has 5 nitrogen and oxygen atoms in total. The summed E-state index contributed by atoms with van der Waals surface area (Å²) in [6.45, 7) is 3.09. The lowest BCUT2D eigenvalue weighted by Crippen LogP contribution is -2.38. The van der Waals surface area contributed by atoms with Gasteiger partial charge in [0.15, 0.2) is 0 Å². The van der Waals surface area contributed by atoms with Crippen LogP contribution in [-0.2, 0) is 9.53 Å². The van der Waals surface area contributed by atoms with E-state index >= 15 is 0 Å². The van der Waals surface area contributed by atoms with Crippen molar-refractivity contribution in [1.29, 1.82) is 0 Å². The van der Waals surface area contributed by atoms with Crippen LogP contribution in [0.1, 0.15) is 23.7 Å². The minimum atomic E-state index is -0.673. The summed E-state index contributed by atoms with van der Waals surface area (Å²) in [6.07, 6.45) is 0.0546. The molecule has 0 heterocycles. The maximum atomic E-state index is 13.9. The van der Waals surface area contributed by atoms with Crippen molar-refractivity contribution in [3.05, 3.63) is 34.6 Å². The average Bonchev–Trinajstić information content (AvgIpc) is 2.46. The number of carbonyl (C=O) groups excluding carboxylic acids is 2. The van der Waals surface area contributed by atoms with Crippen molar-refractivity contribution in [3.63, 3.8) is 0 Å². The summed E-state index contributed by atoms with van der Waals surface area (Å²) in [4.78, 5) is 27.4. The summed E-state index contributed by atoms with van der Waals surface area (Å²) in [7, 11) is 3.73. The lowest BCUT2D eigenvalue weighted by Gasteiger charge is -2.24. The second-order valence-corrected chi connectivity index (χ2v) is 5.65. The molecule has 7 heteroatoms. The largest absolute Gasteiger partial charge is 0.466 e. The molecule has 1 rings (SSSR count). The van der Waals surface area contributed by atoms with E-state index in [9.17, 15) is 14.0 Å². The zero-order chi connectivity index (χ0) is 17.4. The van der Waals surface area contributed by atoms with Gasteiger partial charge in [-0.05, 0) is 33.2 Å². The zero-order valence-electron chi connectivity index (χ0n) is 13.6. The van der Waals surface area contributed by atoms with Gasteiger partial charge < -0.3 is 14.5 Å². The van der Waals surface area contributed by atoms with Gasteiger partial charge in [-0.3, -0.25) is 9.59 Å². The van der Waals surface area contributed by atoms with Gasteiger partial charge in [-0.15, -0.1) is 0 Å². The van der Waals surface area contributed by atoms with Gasteiger partial charge in [0.2, 0.25) is 0 Å². The summed E-state index contributed by atoms with van der Waals surface area (Å²) in [5.74, 6) is -1.59. The van der Waals surface area contributed by atoms with Gasteiger partial charge in [-0.25, -0.2) is 4.39 Å². The number of hydrogen-bond donors (Lipinski definition) is 0. The van der Waals surface area contributed by atoms with Gasteiger partial charge in [0.25, 0.3) is 5.91 Å². The number of hydrogen-bond acceptors (Lipinski definition) is 4. The zero-order valence-corrected chi connectivity index (χ0v) is 14.4. The molecule has 0 atom stereocenters. The second-order valence-electron chi connectivity index (χ2n) is 5.25. The highest BCUT2D eigenvalue weighted by Gasteiger charge is 2.22. The van der Waals surface area contributed by atoms with Crippen molar-refractivity contribution >= 4 is 23.5 Å². The highest BCUT2D eigenvalue weighted by molar-refractivity contribution is 6.33. The number of rotatable bonds is 8. The third-order valence-corrected chi connectivity index (χ3v) is 3.49. The number of likely N-dealkylation sites (N-methyl/N-ethyl adjacent to an activating group) is 1. The summed E-state index contributed by atoms with van der Waals surface area (Å²) >= 11 is 5.95. The second kappa shape index (κ2) is 9.47. The fourth-order valence-corrected chi connectivity index (χ4v) is 2.20. The first kappa shape index (κ1) is 19.4. The maximum Gasteiger partial charge on any atom is 0.307 e. The van der Waals surface area contributed by atoms with E-state index in [0.29, 0.717) is 13.1 Å². The van der Waals surface area contributed by atoms with Crippen LogP contribution in [0.4, 0.5) is 4.39 Å². The number of carbonyl (C=O) groups is 2. The molecule has 1 aromatic rings. The molecule has 0 unspecified atom stereocenters. The molecule has 128 valence electrons. The highest BCUT2D eigenvalue weighted by Crippen LogP contribution is 2.21. The molecule has 0 aliphatic carbocycles. The minimum Gasteiger partial charge on any atom is -0.466 e. The summed E-state index contributed by atoms with van der Waals surface area (Å²) in [5.41, 5.74) is -0.170. The van der Waals surface area contributed by atoms with Crippen LogP contribution in [0.25, 0.3) is 0 Å². The molecule has 0 N–H and O–H groups in total. The first-order chi connectivity index (χ1) is 10.9. The fraction of sp³-hybridized carbons (Fsp3) is 0.500. The molecule has 0 radical (unpaired) electrons. The molecule has 0 fully saturated rings. The van der Waals surface area contributed by atoms with Crippen LogP contribution in [0.2, 0.25) is 5.02 Å². The quantitative estimate of drug-likeness (QED) is 0.680. The third kappa shape index (κ3) is 6.15. The van der Waals surface area contributed by atoms with E-state index in [1.54, 1.807) is 6.92 Å². The number of esters is 1. The molecule has 1 aromatic carbocycles. The number of amides is 1. The molecule has 0 aromatic heterocycles. The summed E-state index contributed by atoms with van der Waals surface area (Å²) in [5, 5.41) is 0.0565. The Bertz CT molecular complexity index is 532. The fourth-order valence-electron chi connectivity index (χ4n) is 1.96. The van der Waals surface area contributed by atoms with Crippen LogP contribution in [0.3, 0.4) is 0 Å². The van der Waals surface area contributed by atoms with Gasteiger partial charge in [-0.1, -0.05) is 17.7 Å². The molecule has 23 heavy (non-hydrogen) atoms. The van der Waals surface area contributed by atoms with Crippen LogP contribution < -0.4 is 0 Å².